The lowest BCUT2D eigenvalue weighted by Crippen LogP contribution is -1.96. The highest BCUT2D eigenvalue weighted by Gasteiger charge is 2.19. The van der Waals surface area contributed by atoms with Crippen molar-refractivity contribution in [2.45, 2.75) is 0 Å². The summed E-state index contributed by atoms with van der Waals surface area (Å²) in [6.45, 7) is 0. The Morgan fingerprint density at radius 3 is 1.59 bits per heavy atom. The molecule has 0 amide bonds. The Balaban J connectivity index is 1.62. The molecular formula is C17H10O5. The van der Waals surface area contributed by atoms with Crippen molar-refractivity contribution < 1.29 is 22.5 Å². The molecular weight excluding hydrogens is 284 g/mol. The van der Waals surface area contributed by atoms with Gasteiger partial charge in [-0.1, -0.05) is 0 Å². The fraction of sp³-hybridized carbons (Fsp3) is 0. The van der Waals surface area contributed by atoms with Gasteiger partial charge < -0.3 is 17.7 Å². The van der Waals surface area contributed by atoms with Gasteiger partial charge in [-0.05, 0) is 36.4 Å². The summed E-state index contributed by atoms with van der Waals surface area (Å²) in [5.74, 6) is 1.25. The second-order valence-corrected chi connectivity index (χ2v) is 4.68. The molecule has 0 N–H and O–H groups in total. The monoisotopic (exact) mass is 294 g/mol. The molecule has 4 aromatic heterocycles. The van der Waals surface area contributed by atoms with Crippen molar-refractivity contribution in [3.8, 4) is 22.6 Å². The topological polar surface area (TPSA) is 69.6 Å². The smallest absolute Gasteiger partial charge is 0.263 e. The van der Waals surface area contributed by atoms with E-state index >= 15 is 0 Å². The maximum atomic E-state index is 12.4. The van der Waals surface area contributed by atoms with Crippen LogP contribution in [-0.2, 0) is 0 Å². The Hall–Kier alpha value is -3.21. The summed E-state index contributed by atoms with van der Waals surface area (Å²) in [6.07, 6.45) is 6.19. The molecule has 4 heterocycles. The number of hydrogen-bond donors (Lipinski definition) is 0. The average Bonchev–Trinajstić information content (AvgIpc) is 3.35. The summed E-state index contributed by atoms with van der Waals surface area (Å²) in [5, 5.41) is 0. The van der Waals surface area contributed by atoms with Crippen molar-refractivity contribution in [3.63, 3.8) is 0 Å². The van der Waals surface area contributed by atoms with Gasteiger partial charge in [-0.25, -0.2) is 0 Å². The highest BCUT2D eigenvalue weighted by atomic mass is 16.4. The van der Waals surface area contributed by atoms with Crippen molar-refractivity contribution in [1.29, 1.82) is 0 Å². The molecule has 0 radical (unpaired) electrons. The van der Waals surface area contributed by atoms with Gasteiger partial charge in [0.25, 0.3) is 5.78 Å². The van der Waals surface area contributed by atoms with Gasteiger partial charge in [-0.15, -0.1) is 0 Å². The Morgan fingerprint density at radius 2 is 1.18 bits per heavy atom. The van der Waals surface area contributed by atoms with Gasteiger partial charge in [0.2, 0.25) is 0 Å². The minimum Gasteiger partial charge on any atom is -0.472 e. The maximum Gasteiger partial charge on any atom is 0.263 e. The molecule has 0 aliphatic carbocycles. The van der Waals surface area contributed by atoms with Crippen LogP contribution < -0.4 is 0 Å². The Bertz CT molecular complexity index is 816. The van der Waals surface area contributed by atoms with Crippen LogP contribution in [0, 0.1) is 0 Å². The number of rotatable bonds is 4. The van der Waals surface area contributed by atoms with E-state index in [2.05, 4.69) is 0 Å². The first-order valence-corrected chi connectivity index (χ1v) is 6.61. The quantitative estimate of drug-likeness (QED) is 0.513. The first-order valence-electron chi connectivity index (χ1n) is 6.61. The predicted octanol–water partition coefficient (Wildman–Crippen LogP) is 4.62. The van der Waals surface area contributed by atoms with E-state index in [9.17, 15) is 4.79 Å². The fourth-order valence-corrected chi connectivity index (χ4v) is 2.16. The summed E-state index contributed by atoms with van der Waals surface area (Å²) in [4.78, 5) is 12.4. The van der Waals surface area contributed by atoms with Gasteiger partial charge in [0.15, 0.2) is 11.5 Å². The molecule has 5 heteroatoms. The van der Waals surface area contributed by atoms with Gasteiger partial charge in [-0.2, -0.15) is 0 Å². The number of furan rings is 4. The number of carbonyl (C=O) groups is 1. The van der Waals surface area contributed by atoms with Gasteiger partial charge in [0.1, 0.15) is 24.0 Å². The van der Waals surface area contributed by atoms with Crippen LogP contribution in [0.3, 0.4) is 0 Å². The van der Waals surface area contributed by atoms with E-state index in [4.69, 9.17) is 17.7 Å². The Kier molecular flexibility index (Phi) is 2.83. The van der Waals surface area contributed by atoms with Crippen LogP contribution in [0.2, 0.25) is 0 Å². The van der Waals surface area contributed by atoms with E-state index in [1.807, 2.05) is 0 Å². The molecule has 0 aliphatic heterocycles. The average molecular weight is 294 g/mol. The molecule has 0 aromatic carbocycles. The minimum absolute atomic E-state index is 0.212. The van der Waals surface area contributed by atoms with Crippen LogP contribution >= 0.6 is 0 Å². The molecule has 108 valence electrons. The summed E-state index contributed by atoms with van der Waals surface area (Å²) in [5.41, 5.74) is 1.55. The first kappa shape index (κ1) is 12.5. The summed E-state index contributed by atoms with van der Waals surface area (Å²) >= 11 is 0. The van der Waals surface area contributed by atoms with Crippen molar-refractivity contribution in [2.24, 2.45) is 0 Å². The molecule has 5 nitrogen and oxygen atoms in total. The molecule has 4 aromatic rings. The highest BCUT2D eigenvalue weighted by Crippen LogP contribution is 2.26. The third-order valence-electron chi connectivity index (χ3n) is 3.27. The maximum absolute atomic E-state index is 12.4. The molecule has 0 saturated carbocycles. The lowest BCUT2D eigenvalue weighted by atomic mass is 10.2. The molecule has 0 unspecified atom stereocenters. The van der Waals surface area contributed by atoms with Crippen LogP contribution in [0.15, 0.2) is 79.1 Å². The lowest BCUT2D eigenvalue weighted by molar-refractivity contribution is 0.0984. The van der Waals surface area contributed by atoms with Crippen LogP contribution in [0.4, 0.5) is 0 Å². The predicted molar refractivity (Wildman–Crippen MR) is 76.3 cm³/mol. The Morgan fingerprint density at radius 1 is 0.682 bits per heavy atom. The zero-order valence-corrected chi connectivity index (χ0v) is 11.3. The van der Waals surface area contributed by atoms with Gasteiger partial charge in [0.05, 0.1) is 23.7 Å². The molecule has 0 aliphatic rings. The van der Waals surface area contributed by atoms with Gasteiger partial charge >= 0.3 is 0 Å². The molecule has 22 heavy (non-hydrogen) atoms. The van der Waals surface area contributed by atoms with Crippen LogP contribution in [-0.4, -0.2) is 5.78 Å². The van der Waals surface area contributed by atoms with E-state index < -0.39 is 0 Å². The molecule has 0 fully saturated rings. The number of hydrogen-bond acceptors (Lipinski definition) is 5. The Labute approximate surface area is 124 Å². The first-order chi connectivity index (χ1) is 10.8. The van der Waals surface area contributed by atoms with Crippen molar-refractivity contribution in [3.05, 3.63) is 73.0 Å². The highest BCUT2D eigenvalue weighted by molar-refractivity contribution is 6.05. The summed E-state index contributed by atoms with van der Waals surface area (Å²) in [7, 11) is 0. The molecule has 0 saturated heterocycles. The van der Waals surface area contributed by atoms with Crippen molar-refractivity contribution >= 4 is 5.78 Å². The fourth-order valence-electron chi connectivity index (χ4n) is 2.16. The number of ketones is 1. The van der Waals surface area contributed by atoms with Gasteiger partial charge in [-0.3, -0.25) is 4.79 Å². The van der Waals surface area contributed by atoms with E-state index in [-0.39, 0.29) is 17.3 Å². The largest absolute Gasteiger partial charge is 0.472 e. The molecule has 0 atom stereocenters. The zero-order valence-electron chi connectivity index (χ0n) is 11.3. The van der Waals surface area contributed by atoms with Crippen LogP contribution in [0.1, 0.15) is 16.3 Å². The standard InChI is InChI=1S/C17H10O5/c18-17(15-3-1-13(21-15)11-5-7-19-9-11)16-4-2-14(22-16)12-6-8-20-10-12/h1-10H. The van der Waals surface area contributed by atoms with Crippen LogP contribution in [0.25, 0.3) is 22.6 Å². The molecule has 0 spiro atoms. The third-order valence-corrected chi connectivity index (χ3v) is 3.27. The van der Waals surface area contributed by atoms with E-state index in [0.29, 0.717) is 11.5 Å². The van der Waals surface area contributed by atoms with E-state index in [0.717, 1.165) is 11.1 Å². The van der Waals surface area contributed by atoms with Gasteiger partial charge in [0, 0.05) is 0 Å². The normalized spacial score (nSPS) is 10.9. The SMILES string of the molecule is O=C(c1ccc(-c2ccoc2)o1)c1ccc(-c2ccoc2)o1. The summed E-state index contributed by atoms with van der Waals surface area (Å²) < 4.78 is 21.1. The lowest BCUT2D eigenvalue weighted by Gasteiger charge is -1.94. The van der Waals surface area contributed by atoms with E-state index in [1.165, 1.54) is 0 Å². The molecule has 0 bridgehead atoms. The molecule has 4 rings (SSSR count). The number of carbonyl (C=O) groups excluding carboxylic acids is 1. The second-order valence-electron chi connectivity index (χ2n) is 4.68. The minimum atomic E-state index is -0.315. The van der Waals surface area contributed by atoms with Crippen LogP contribution in [0.5, 0.6) is 0 Å². The van der Waals surface area contributed by atoms with Crippen molar-refractivity contribution in [1.82, 2.24) is 0 Å². The summed E-state index contributed by atoms with van der Waals surface area (Å²) in [6, 6.07) is 10.2. The zero-order chi connectivity index (χ0) is 14.9. The van der Waals surface area contributed by atoms with Crippen molar-refractivity contribution in [2.75, 3.05) is 0 Å². The van der Waals surface area contributed by atoms with E-state index in [1.54, 1.807) is 61.5 Å². The second kappa shape index (κ2) is 4.96. The third kappa shape index (κ3) is 2.09.